The Kier molecular flexibility index (Phi) is 5.02. The molecular formula is C22H23F3N6O. The van der Waals surface area contributed by atoms with Crippen LogP contribution in [0.25, 0.3) is 5.69 Å². The fraction of sp³-hybridized carbons (Fsp3) is 0.455. The average molecular weight is 444 g/mol. The van der Waals surface area contributed by atoms with Crippen molar-refractivity contribution in [2.75, 3.05) is 0 Å². The molecule has 2 aliphatic rings. The third kappa shape index (κ3) is 4.01. The molecule has 1 atom stereocenters. The highest BCUT2D eigenvalue weighted by Gasteiger charge is 2.36. The highest BCUT2D eigenvalue weighted by molar-refractivity contribution is 5.93. The highest BCUT2D eigenvalue weighted by atomic mass is 19.4. The number of alkyl halides is 3. The molecule has 0 aliphatic heterocycles. The number of aryl methyl sites for hydroxylation is 2. The number of hydrogen-bond acceptors (Lipinski definition) is 4. The lowest BCUT2D eigenvalue weighted by atomic mass is 10.1. The number of rotatable bonds is 4. The van der Waals surface area contributed by atoms with Crippen molar-refractivity contribution in [1.29, 1.82) is 0 Å². The number of pyridine rings is 1. The van der Waals surface area contributed by atoms with Gasteiger partial charge in [0.1, 0.15) is 5.69 Å². The van der Waals surface area contributed by atoms with Crippen molar-refractivity contribution >= 4 is 5.91 Å². The van der Waals surface area contributed by atoms with Crippen LogP contribution in [-0.4, -0.2) is 30.5 Å². The summed E-state index contributed by atoms with van der Waals surface area (Å²) in [6, 6.07) is 4.40. The van der Waals surface area contributed by atoms with E-state index in [1.807, 2.05) is 23.0 Å². The van der Waals surface area contributed by atoms with Crippen LogP contribution in [0, 0.1) is 0 Å². The number of hydrogen-bond donors (Lipinski definition) is 1. The SMILES string of the molecule is Cn1nc(C(F)(F)F)cc1C(=O)N[C@H]1CCCCc2nn(-c3ccnc(C4CC4)c3)cc21. The van der Waals surface area contributed by atoms with Crippen LogP contribution in [0.2, 0.25) is 0 Å². The van der Waals surface area contributed by atoms with Crippen LogP contribution in [0.1, 0.15) is 77.2 Å². The molecule has 0 aromatic carbocycles. The first kappa shape index (κ1) is 20.7. The summed E-state index contributed by atoms with van der Waals surface area (Å²) in [4.78, 5) is 17.3. The second-order valence-corrected chi connectivity index (χ2v) is 8.50. The monoisotopic (exact) mass is 444 g/mol. The zero-order chi connectivity index (χ0) is 22.5. The molecule has 3 heterocycles. The smallest absolute Gasteiger partial charge is 0.344 e. The quantitative estimate of drug-likeness (QED) is 0.615. The van der Waals surface area contributed by atoms with Gasteiger partial charge in [0, 0.05) is 42.7 Å². The van der Waals surface area contributed by atoms with Gasteiger partial charge in [0.15, 0.2) is 5.69 Å². The molecule has 3 aromatic heterocycles. The second-order valence-electron chi connectivity index (χ2n) is 8.50. The number of halogens is 3. The molecule has 7 nitrogen and oxygen atoms in total. The van der Waals surface area contributed by atoms with Gasteiger partial charge in [0.25, 0.3) is 5.91 Å². The van der Waals surface area contributed by atoms with Crippen LogP contribution in [0.5, 0.6) is 0 Å². The van der Waals surface area contributed by atoms with Crippen LogP contribution in [0.3, 0.4) is 0 Å². The summed E-state index contributed by atoms with van der Waals surface area (Å²) in [5.74, 6) is -0.0584. The Labute approximate surface area is 182 Å². The second kappa shape index (κ2) is 7.75. The van der Waals surface area contributed by atoms with Crippen molar-refractivity contribution in [2.45, 2.75) is 56.7 Å². The van der Waals surface area contributed by atoms with Crippen molar-refractivity contribution in [3.8, 4) is 5.69 Å². The molecule has 5 rings (SSSR count). The number of aromatic nitrogens is 5. The van der Waals surface area contributed by atoms with Crippen molar-refractivity contribution in [1.82, 2.24) is 29.9 Å². The molecule has 0 radical (unpaired) electrons. The summed E-state index contributed by atoms with van der Waals surface area (Å²) in [7, 11) is 1.33. The summed E-state index contributed by atoms with van der Waals surface area (Å²) < 4.78 is 41.7. The zero-order valence-corrected chi connectivity index (χ0v) is 17.6. The van der Waals surface area contributed by atoms with Crippen LogP contribution < -0.4 is 5.32 Å². The van der Waals surface area contributed by atoms with E-state index < -0.39 is 17.8 Å². The molecule has 0 bridgehead atoms. The Hall–Kier alpha value is -3.17. The van der Waals surface area contributed by atoms with E-state index in [0.29, 0.717) is 12.3 Å². The molecule has 10 heteroatoms. The van der Waals surface area contributed by atoms with Gasteiger partial charge in [-0.3, -0.25) is 14.5 Å². The van der Waals surface area contributed by atoms with Crippen LogP contribution in [-0.2, 0) is 19.6 Å². The van der Waals surface area contributed by atoms with Gasteiger partial charge in [0.05, 0.1) is 17.4 Å². The maximum atomic E-state index is 13.0. The Morgan fingerprint density at radius 1 is 1.16 bits per heavy atom. The number of nitrogens with one attached hydrogen (secondary N) is 1. The van der Waals surface area contributed by atoms with E-state index in [9.17, 15) is 18.0 Å². The van der Waals surface area contributed by atoms with Crippen molar-refractivity contribution in [3.63, 3.8) is 0 Å². The summed E-state index contributed by atoms with van der Waals surface area (Å²) in [6.07, 6.45) is 4.73. The minimum atomic E-state index is -4.60. The molecule has 1 amide bonds. The van der Waals surface area contributed by atoms with E-state index in [-0.39, 0.29) is 11.7 Å². The number of amides is 1. The Morgan fingerprint density at radius 3 is 2.69 bits per heavy atom. The molecule has 3 aromatic rings. The van der Waals surface area contributed by atoms with Crippen LogP contribution >= 0.6 is 0 Å². The lowest BCUT2D eigenvalue weighted by molar-refractivity contribution is -0.141. The number of nitrogens with zero attached hydrogens (tertiary/aromatic N) is 5. The molecule has 32 heavy (non-hydrogen) atoms. The van der Waals surface area contributed by atoms with E-state index in [0.717, 1.165) is 65.5 Å². The normalized spacial score (nSPS) is 18.8. The fourth-order valence-corrected chi connectivity index (χ4v) is 4.22. The molecule has 0 unspecified atom stereocenters. The average Bonchev–Trinajstić information content (AvgIpc) is 3.44. The van der Waals surface area contributed by atoms with E-state index in [1.54, 1.807) is 6.20 Å². The van der Waals surface area contributed by atoms with Gasteiger partial charge in [-0.1, -0.05) is 6.42 Å². The summed E-state index contributed by atoms with van der Waals surface area (Å²) >= 11 is 0. The highest BCUT2D eigenvalue weighted by Crippen LogP contribution is 2.39. The maximum Gasteiger partial charge on any atom is 0.435 e. The van der Waals surface area contributed by atoms with E-state index in [2.05, 4.69) is 15.4 Å². The minimum absolute atomic E-state index is 0.126. The topological polar surface area (TPSA) is 77.6 Å². The first-order valence-corrected chi connectivity index (χ1v) is 10.8. The summed E-state index contributed by atoms with van der Waals surface area (Å²) in [5, 5.41) is 11.1. The van der Waals surface area contributed by atoms with Gasteiger partial charge in [-0.2, -0.15) is 23.4 Å². The van der Waals surface area contributed by atoms with E-state index >= 15 is 0 Å². The third-order valence-corrected chi connectivity index (χ3v) is 6.09. The molecule has 168 valence electrons. The van der Waals surface area contributed by atoms with Crippen LogP contribution in [0.4, 0.5) is 13.2 Å². The van der Waals surface area contributed by atoms with E-state index in [4.69, 9.17) is 5.10 Å². The standard InChI is InChI=1S/C22H23F3N6O/c1-30-19(11-20(29-30)22(23,24)25)21(32)27-16-4-2-3-5-17-15(16)12-31(28-17)14-8-9-26-18(10-14)13-6-7-13/h8-13,16H,2-7H2,1H3,(H,27,32)/t16-/m0/s1. The van der Waals surface area contributed by atoms with Gasteiger partial charge in [0.2, 0.25) is 0 Å². The van der Waals surface area contributed by atoms with Gasteiger partial charge < -0.3 is 5.32 Å². The summed E-state index contributed by atoms with van der Waals surface area (Å²) in [5.41, 5.74) is 2.58. The van der Waals surface area contributed by atoms with Crippen molar-refractivity contribution in [2.24, 2.45) is 7.05 Å². The first-order chi connectivity index (χ1) is 15.3. The molecule has 1 N–H and O–H groups in total. The zero-order valence-electron chi connectivity index (χ0n) is 17.6. The summed E-state index contributed by atoms with van der Waals surface area (Å²) in [6.45, 7) is 0. The predicted octanol–water partition coefficient (Wildman–Crippen LogP) is 4.09. The van der Waals surface area contributed by atoms with Gasteiger partial charge in [-0.05, 0) is 44.2 Å². The van der Waals surface area contributed by atoms with Gasteiger partial charge in [-0.15, -0.1) is 0 Å². The Bertz CT molecular complexity index is 1160. The molecule has 0 spiro atoms. The Balaban J connectivity index is 1.41. The van der Waals surface area contributed by atoms with Crippen molar-refractivity contribution in [3.05, 3.63) is 58.9 Å². The minimum Gasteiger partial charge on any atom is -0.344 e. The molecule has 1 saturated carbocycles. The first-order valence-electron chi connectivity index (χ1n) is 10.8. The number of carbonyl (C=O) groups is 1. The van der Waals surface area contributed by atoms with Gasteiger partial charge >= 0.3 is 6.18 Å². The third-order valence-electron chi connectivity index (χ3n) is 6.09. The molecule has 1 fully saturated rings. The van der Waals surface area contributed by atoms with Gasteiger partial charge in [-0.25, -0.2) is 4.68 Å². The predicted molar refractivity (Wildman–Crippen MR) is 109 cm³/mol. The van der Waals surface area contributed by atoms with E-state index in [1.165, 1.54) is 7.05 Å². The maximum absolute atomic E-state index is 13.0. The molecule has 2 aliphatic carbocycles. The van der Waals surface area contributed by atoms with Crippen LogP contribution in [0.15, 0.2) is 30.6 Å². The molecule has 0 saturated heterocycles. The number of fused-ring (bicyclic) bond motifs is 1. The fourth-order valence-electron chi connectivity index (χ4n) is 4.22. The Morgan fingerprint density at radius 2 is 1.97 bits per heavy atom. The largest absolute Gasteiger partial charge is 0.435 e. The van der Waals surface area contributed by atoms with Crippen molar-refractivity contribution < 1.29 is 18.0 Å². The lowest BCUT2D eigenvalue weighted by Crippen LogP contribution is -2.30. The number of carbonyl (C=O) groups excluding carboxylic acids is 1. The molecular weight excluding hydrogens is 421 g/mol. The lowest BCUT2D eigenvalue weighted by Gasteiger charge is -2.16.